The van der Waals surface area contributed by atoms with Gasteiger partial charge in [-0.2, -0.15) is 0 Å². The third kappa shape index (κ3) is 3.72. The molecule has 0 spiro atoms. The molecule has 0 bridgehead atoms. The van der Waals surface area contributed by atoms with Gasteiger partial charge in [-0.15, -0.1) is 0 Å². The first kappa shape index (κ1) is 13.5. The second-order valence-electron chi connectivity index (χ2n) is 4.08. The van der Waals surface area contributed by atoms with Crippen molar-refractivity contribution in [3.63, 3.8) is 0 Å². The van der Waals surface area contributed by atoms with E-state index >= 15 is 0 Å². The zero-order valence-electron chi connectivity index (χ0n) is 9.94. The molecule has 2 N–H and O–H groups in total. The summed E-state index contributed by atoms with van der Waals surface area (Å²) in [5.74, 6) is -1.38. The second-order valence-corrected chi connectivity index (χ2v) is 4.08. The quantitative estimate of drug-likeness (QED) is 0.709. The monoisotopic (exact) mass is 242 g/mol. The Morgan fingerprint density at radius 2 is 2.18 bits per heavy atom. The average Bonchev–Trinajstić information content (AvgIpc) is 2.29. The van der Waals surface area contributed by atoms with E-state index in [9.17, 15) is 14.4 Å². The van der Waals surface area contributed by atoms with Gasteiger partial charge in [0.05, 0.1) is 6.42 Å². The van der Waals surface area contributed by atoms with Crippen molar-refractivity contribution in [1.82, 2.24) is 10.2 Å². The number of carbonyl (C=O) groups excluding carboxylic acids is 2. The number of carboxylic acids is 1. The number of piperazine rings is 1. The Balaban J connectivity index is 2.61. The summed E-state index contributed by atoms with van der Waals surface area (Å²) in [6, 6.07) is -0.435. The molecule has 1 rings (SSSR count). The van der Waals surface area contributed by atoms with Gasteiger partial charge in [-0.25, -0.2) is 0 Å². The lowest BCUT2D eigenvalue weighted by molar-refractivity contribution is -0.145. The highest BCUT2D eigenvalue weighted by Gasteiger charge is 2.31. The summed E-state index contributed by atoms with van der Waals surface area (Å²) < 4.78 is 0. The molecule has 96 valence electrons. The number of hydrogen-bond donors (Lipinski definition) is 2. The van der Waals surface area contributed by atoms with E-state index in [4.69, 9.17) is 5.11 Å². The van der Waals surface area contributed by atoms with Gasteiger partial charge in [0, 0.05) is 19.5 Å². The minimum atomic E-state index is -0.994. The van der Waals surface area contributed by atoms with E-state index in [0.29, 0.717) is 19.5 Å². The fourth-order valence-corrected chi connectivity index (χ4v) is 1.93. The number of carbonyl (C=O) groups is 3. The molecule has 6 nitrogen and oxygen atoms in total. The van der Waals surface area contributed by atoms with Gasteiger partial charge in [0.1, 0.15) is 6.04 Å². The van der Waals surface area contributed by atoms with Gasteiger partial charge in [0.25, 0.3) is 0 Å². The van der Waals surface area contributed by atoms with E-state index in [1.165, 1.54) is 4.90 Å². The lowest BCUT2D eigenvalue weighted by atomic mass is 10.1. The number of amides is 2. The van der Waals surface area contributed by atoms with Gasteiger partial charge in [-0.3, -0.25) is 14.4 Å². The minimum absolute atomic E-state index is 0.0389. The summed E-state index contributed by atoms with van der Waals surface area (Å²) in [6.07, 6.45) is 1.20. The van der Waals surface area contributed by atoms with Crippen molar-refractivity contribution in [2.75, 3.05) is 13.1 Å². The smallest absolute Gasteiger partial charge is 0.303 e. The van der Waals surface area contributed by atoms with Gasteiger partial charge in [-0.1, -0.05) is 13.3 Å². The molecule has 1 aliphatic heterocycles. The summed E-state index contributed by atoms with van der Waals surface area (Å²) >= 11 is 0. The highest BCUT2D eigenvalue weighted by molar-refractivity contribution is 5.89. The Labute approximate surface area is 100.0 Å². The van der Waals surface area contributed by atoms with Gasteiger partial charge >= 0.3 is 5.97 Å². The van der Waals surface area contributed by atoms with E-state index in [1.807, 2.05) is 6.92 Å². The Kier molecular flexibility index (Phi) is 4.93. The third-order valence-electron chi connectivity index (χ3n) is 2.77. The summed E-state index contributed by atoms with van der Waals surface area (Å²) in [5, 5.41) is 11.2. The topological polar surface area (TPSA) is 86.7 Å². The molecule has 1 aliphatic rings. The number of hydrogen-bond acceptors (Lipinski definition) is 3. The first-order chi connectivity index (χ1) is 8.06. The Morgan fingerprint density at radius 3 is 2.76 bits per heavy atom. The van der Waals surface area contributed by atoms with E-state index in [2.05, 4.69) is 5.32 Å². The first-order valence-electron chi connectivity index (χ1n) is 5.85. The van der Waals surface area contributed by atoms with E-state index in [0.717, 1.165) is 6.42 Å². The zero-order chi connectivity index (χ0) is 12.8. The fraction of sp³-hybridized carbons (Fsp3) is 0.727. The van der Waals surface area contributed by atoms with Crippen molar-refractivity contribution >= 4 is 17.8 Å². The number of aliphatic carboxylic acids is 1. The van der Waals surface area contributed by atoms with Gasteiger partial charge < -0.3 is 15.3 Å². The normalized spacial score (nSPS) is 19.9. The maximum Gasteiger partial charge on any atom is 0.303 e. The molecule has 0 aliphatic carbocycles. The van der Waals surface area contributed by atoms with E-state index in [1.54, 1.807) is 0 Å². The zero-order valence-corrected chi connectivity index (χ0v) is 9.94. The lowest BCUT2D eigenvalue weighted by Crippen LogP contribution is -2.57. The maximum absolute atomic E-state index is 11.8. The molecule has 2 amide bonds. The molecule has 1 saturated heterocycles. The molecule has 1 heterocycles. The molecule has 1 fully saturated rings. The van der Waals surface area contributed by atoms with Crippen LogP contribution < -0.4 is 5.32 Å². The van der Waals surface area contributed by atoms with Crippen LogP contribution >= 0.6 is 0 Å². The van der Waals surface area contributed by atoms with Gasteiger partial charge in [-0.05, 0) is 6.42 Å². The highest BCUT2D eigenvalue weighted by atomic mass is 16.4. The summed E-state index contributed by atoms with van der Waals surface area (Å²) in [6.45, 7) is 2.86. The first-order valence-corrected chi connectivity index (χ1v) is 5.85. The molecule has 17 heavy (non-hydrogen) atoms. The van der Waals surface area contributed by atoms with Crippen molar-refractivity contribution in [2.24, 2.45) is 0 Å². The molecule has 0 saturated carbocycles. The van der Waals surface area contributed by atoms with Crippen LogP contribution in [0.15, 0.2) is 0 Å². The third-order valence-corrected chi connectivity index (χ3v) is 2.77. The lowest BCUT2D eigenvalue weighted by Gasteiger charge is -2.35. The van der Waals surface area contributed by atoms with Crippen LogP contribution in [0.2, 0.25) is 0 Å². The Hall–Kier alpha value is -1.59. The second kappa shape index (κ2) is 6.22. The SMILES string of the molecule is CCCC1C(=O)NCCN1C(=O)CCC(=O)O. The summed E-state index contributed by atoms with van der Waals surface area (Å²) in [5.41, 5.74) is 0. The number of carboxylic acid groups (broad SMARTS) is 1. The molecule has 1 unspecified atom stereocenters. The van der Waals surface area contributed by atoms with Gasteiger partial charge in [0.2, 0.25) is 11.8 Å². The Morgan fingerprint density at radius 1 is 1.47 bits per heavy atom. The van der Waals surface area contributed by atoms with Crippen LogP contribution in [0.25, 0.3) is 0 Å². The van der Waals surface area contributed by atoms with Crippen LogP contribution in [0.3, 0.4) is 0 Å². The van der Waals surface area contributed by atoms with Crippen molar-refractivity contribution in [3.8, 4) is 0 Å². The number of nitrogens with zero attached hydrogens (tertiary/aromatic N) is 1. The summed E-state index contributed by atoms with van der Waals surface area (Å²) in [7, 11) is 0. The van der Waals surface area contributed by atoms with Crippen LogP contribution in [-0.2, 0) is 14.4 Å². The van der Waals surface area contributed by atoms with Crippen molar-refractivity contribution in [1.29, 1.82) is 0 Å². The summed E-state index contributed by atoms with van der Waals surface area (Å²) in [4.78, 5) is 35.3. The minimum Gasteiger partial charge on any atom is -0.481 e. The van der Waals surface area contributed by atoms with Gasteiger partial charge in [0.15, 0.2) is 0 Å². The fourth-order valence-electron chi connectivity index (χ4n) is 1.93. The largest absolute Gasteiger partial charge is 0.481 e. The van der Waals surface area contributed by atoms with Crippen LogP contribution in [0, 0.1) is 0 Å². The van der Waals surface area contributed by atoms with Crippen LogP contribution in [0.1, 0.15) is 32.6 Å². The standard InChI is InChI=1S/C11H18N2O4/c1-2-3-8-11(17)12-6-7-13(8)9(14)4-5-10(15)16/h8H,2-7H2,1H3,(H,12,17)(H,15,16). The molecule has 0 aromatic heterocycles. The molecule has 0 aromatic rings. The predicted octanol–water partition coefficient (Wildman–Crippen LogP) is -0.0217. The Bertz CT molecular complexity index is 317. The van der Waals surface area contributed by atoms with Crippen LogP contribution in [-0.4, -0.2) is 46.9 Å². The van der Waals surface area contributed by atoms with Crippen molar-refractivity contribution < 1.29 is 19.5 Å². The van der Waals surface area contributed by atoms with E-state index in [-0.39, 0.29) is 24.7 Å². The van der Waals surface area contributed by atoms with Crippen molar-refractivity contribution in [2.45, 2.75) is 38.6 Å². The van der Waals surface area contributed by atoms with Crippen molar-refractivity contribution in [3.05, 3.63) is 0 Å². The highest BCUT2D eigenvalue weighted by Crippen LogP contribution is 2.13. The molecule has 1 atom stereocenters. The molecular formula is C11H18N2O4. The molecule has 0 radical (unpaired) electrons. The number of rotatable bonds is 5. The molecule has 0 aromatic carbocycles. The predicted molar refractivity (Wildman–Crippen MR) is 60.3 cm³/mol. The van der Waals surface area contributed by atoms with Crippen LogP contribution in [0.4, 0.5) is 0 Å². The molecular weight excluding hydrogens is 224 g/mol. The van der Waals surface area contributed by atoms with Crippen LogP contribution in [0.5, 0.6) is 0 Å². The maximum atomic E-state index is 11.8. The van der Waals surface area contributed by atoms with E-state index < -0.39 is 12.0 Å². The molecule has 6 heteroatoms. The average molecular weight is 242 g/mol. The number of nitrogens with one attached hydrogen (secondary N) is 1.